The van der Waals surface area contributed by atoms with Crippen LogP contribution in [0.2, 0.25) is 0 Å². The second-order valence-electron chi connectivity index (χ2n) is 6.27. The maximum atomic E-state index is 13.2. The number of carbonyl (C=O) groups is 1. The van der Waals surface area contributed by atoms with Crippen molar-refractivity contribution in [2.75, 3.05) is 5.75 Å². The average Bonchev–Trinajstić information content (AvgIpc) is 3.41. The van der Waals surface area contributed by atoms with Crippen LogP contribution in [0.15, 0.2) is 61.8 Å². The first-order chi connectivity index (χ1) is 14.6. The van der Waals surface area contributed by atoms with E-state index < -0.39 is 11.2 Å². The third-order valence-corrected chi connectivity index (χ3v) is 7.22. The molecule has 0 saturated heterocycles. The number of thiophene rings is 1. The van der Waals surface area contributed by atoms with E-state index in [1.807, 2.05) is 30.5 Å². The predicted molar refractivity (Wildman–Crippen MR) is 122 cm³/mol. The van der Waals surface area contributed by atoms with E-state index in [0.29, 0.717) is 21.3 Å². The number of thioether (sulfide) groups is 1. The third-order valence-electron chi connectivity index (χ3n) is 4.29. The van der Waals surface area contributed by atoms with Gasteiger partial charge in [-0.15, -0.1) is 22.7 Å². The van der Waals surface area contributed by atoms with Crippen LogP contribution in [0.3, 0.4) is 0 Å². The molecule has 3 heterocycles. The van der Waals surface area contributed by atoms with Crippen molar-refractivity contribution >= 4 is 50.7 Å². The van der Waals surface area contributed by atoms with Crippen molar-refractivity contribution in [1.82, 2.24) is 19.4 Å². The third kappa shape index (κ3) is 4.11. The lowest BCUT2D eigenvalue weighted by Gasteiger charge is -2.11. The van der Waals surface area contributed by atoms with Crippen LogP contribution in [0.1, 0.15) is 11.8 Å². The molecule has 0 radical (unpaired) electrons. The van der Waals surface area contributed by atoms with Gasteiger partial charge >= 0.3 is 5.69 Å². The molecule has 7 nitrogen and oxygen atoms in total. The van der Waals surface area contributed by atoms with Gasteiger partial charge in [0.1, 0.15) is 11.2 Å². The summed E-state index contributed by atoms with van der Waals surface area (Å²) in [6, 6.07) is 12.6. The van der Waals surface area contributed by atoms with Crippen LogP contribution in [-0.2, 0) is 17.9 Å². The van der Waals surface area contributed by atoms with E-state index in [2.05, 4.69) is 10.3 Å². The highest BCUT2D eigenvalue weighted by molar-refractivity contribution is 8.01. The Labute approximate surface area is 184 Å². The molecule has 0 fully saturated rings. The molecule has 0 bridgehead atoms. The van der Waals surface area contributed by atoms with Crippen molar-refractivity contribution in [3.63, 3.8) is 0 Å². The van der Waals surface area contributed by atoms with Crippen LogP contribution >= 0.6 is 34.4 Å². The SMILES string of the molecule is CCSc1nc2c(s1)c(=O)n(-c1ccccc1)c(=O)n2CC(=O)NCc1cccs1. The lowest BCUT2D eigenvalue weighted by atomic mass is 10.3. The molecule has 4 aromatic rings. The molecular weight excluding hydrogens is 440 g/mol. The predicted octanol–water partition coefficient (Wildman–Crippen LogP) is 3.10. The van der Waals surface area contributed by atoms with Crippen molar-refractivity contribution in [3.05, 3.63) is 73.6 Å². The Morgan fingerprint density at radius 2 is 1.97 bits per heavy atom. The fourth-order valence-corrected chi connectivity index (χ4v) is 5.56. The number of benzene rings is 1. The summed E-state index contributed by atoms with van der Waals surface area (Å²) in [6.45, 7) is 2.17. The minimum atomic E-state index is -0.580. The van der Waals surface area contributed by atoms with Gasteiger partial charge in [-0.2, -0.15) is 0 Å². The summed E-state index contributed by atoms with van der Waals surface area (Å²) in [4.78, 5) is 44.4. The quantitative estimate of drug-likeness (QED) is 0.430. The van der Waals surface area contributed by atoms with E-state index in [0.717, 1.165) is 15.2 Å². The normalized spacial score (nSPS) is 11.1. The van der Waals surface area contributed by atoms with Crippen molar-refractivity contribution in [2.24, 2.45) is 0 Å². The van der Waals surface area contributed by atoms with Crippen molar-refractivity contribution < 1.29 is 4.79 Å². The monoisotopic (exact) mass is 458 g/mol. The number of carbonyl (C=O) groups excluding carboxylic acids is 1. The summed E-state index contributed by atoms with van der Waals surface area (Å²) < 4.78 is 3.44. The number of thiazole rings is 1. The molecule has 30 heavy (non-hydrogen) atoms. The van der Waals surface area contributed by atoms with Gasteiger partial charge in [0.25, 0.3) is 5.56 Å². The summed E-state index contributed by atoms with van der Waals surface area (Å²) in [6.07, 6.45) is 0. The zero-order valence-electron chi connectivity index (χ0n) is 16.0. The fraction of sp³-hybridized carbons (Fsp3) is 0.200. The van der Waals surface area contributed by atoms with Crippen molar-refractivity contribution in [1.29, 1.82) is 0 Å². The van der Waals surface area contributed by atoms with E-state index in [1.165, 1.54) is 27.7 Å². The molecule has 0 aliphatic heterocycles. The topological polar surface area (TPSA) is 86.0 Å². The molecule has 10 heteroatoms. The minimum absolute atomic E-state index is 0.214. The summed E-state index contributed by atoms with van der Waals surface area (Å²) in [7, 11) is 0. The van der Waals surface area contributed by atoms with Gasteiger partial charge < -0.3 is 5.32 Å². The molecule has 0 atom stereocenters. The van der Waals surface area contributed by atoms with Crippen LogP contribution in [-0.4, -0.2) is 25.8 Å². The number of amides is 1. The van der Waals surface area contributed by atoms with Crippen LogP contribution in [0.4, 0.5) is 0 Å². The molecule has 0 saturated carbocycles. The van der Waals surface area contributed by atoms with Crippen LogP contribution in [0.5, 0.6) is 0 Å². The lowest BCUT2D eigenvalue weighted by molar-refractivity contribution is -0.121. The molecule has 0 spiro atoms. The average molecular weight is 459 g/mol. The zero-order chi connectivity index (χ0) is 21.1. The Hall–Kier alpha value is -2.69. The highest BCUT2D eigenvalue weighted by atomic mass is 32.2. The van der Waals surface area contributed by atoms with Gasteiger partial charge in [-0.3, -0.25) is 14.2 Å². The Morgan fingerprint density at radius 1 is 1.17 bits per heavy atom. The maximum absolute atomic E-state index is 13.2. The number of para-hydroxylation sites is 1. The van der Waals surface area contributed by atoms with E-state index in [-0.39, 0.29) is 18.1 Å². The molecule has 1 aromatic carbocycles. The standard InChI is InChI=1S/C20H18N4O3S3/c1-2-28-19-22-17-16(30-19)18(26)24(13-7-4-3-5-8-13)20(27)23(17)12-15(25)21-11-14-9-6-10-29-14/h3-10H,2,11-12H2,1H3,(H,21,25). The fourth-order valence-electron chi connectivity index (χ4n) is 2.95. The molecule has 1 amide bonds. The highest BCUT2D eigenvalue weighted by Gasteiger charge is 2.20. The number of aromatic nitrogens is 3. The van der Waals surface area contributed by atoms with Crippen LogP contribution in [0.25, 0.3) is 16.0 Å². The maximum Gasteiger partial charge on any atom is 0.337 e. The molecule has 3 aromatic heterocycles. The van der Waals surface area contributed by atoms with Crippen molar-refractivity contribution in [3.8, 4) is 5.69 Å². The summed E-state index contributed by atoms with van der Waals surface area (Å²) >= 11 is 4.29. The first kappa shape index (κ1) is 20.6. The van der Waals surface area contributed by atoms with Crippen LogP contribution in [0, 0.1) is 0 Å². The molecule has 4 rings (SSSR count). The number of hydrogen-bond donors (Lipinski definition) is 1. The molecule has 0 unspecified atom stereocenters. The van der Waals surface area contributed by atoms with Crippen LogP contribution < -0.4 is 16.6 Å². The summed E-state index contributed by atoms with van der Waals surface area (Å²) in [5.74, 6) is 0.473. The molecule has 154 valence electrons. The zero-order valence-corrected chi connectivity index (χ0v) is 18.5. The smallest absolute Gasteiger partial charge is 0.337 e. The second-order valence-corrected chi connectivity index (χ2v) is 9.81. The summed E-state index contributed by atoms with van der Waals surface area (Å²) in [5.41, 5.74) is -0.287. The lowest BCUT2D eigenvalue weighted by Crippen LogP contribution is -2.41. The Bertz CT molecular complexity index is 1290. The first-order valence-corrected chi connectivity index (χ1v) is 11.9. The van der Waals surface area contributed by atoms with Gasteiger partial charge in [-0.25, -0.2) is 14.3 Å². The largest absolute Gasteiger partial charge is 0.350 e. The number of nitrogens with one attached hydrogen (secondary N) is 1. The Kier molecular flexibility index (Phi) is 6.16. The van der Waals surface area contributed by atoms with Gasteiger partial charge in [0, 0.05) is 4.88 Å². The molecule has 1 N–H and O–H groups in total. The van der Waals surface area contributed by atoms with Gasteiger partial charge in [0.15, 0.2) is 9.99 Å². The number of nitrogens with zero attached hydrogens (tertiary/aromatic N) is 3. The minimum Gasteiger partial charge on any atom is -0.350 e. The van der Waals surface area contributed by atoms with E-state index in [4.69, 9.17) is 0 Å². The second kappa shape index (κ2) is 8.99. The van der Waals surface area contributed by atoms with Gasteiger partial charge in [0.05, 0.1) is 12.2 Å². The highest BCUT2D eigenvalue weighted by Crippen LogP contribution is 2.27. The first-order valence-electron chi connectivity index (χ1n) is 9.22. The van der Waals surface area contributed by atoms with E-state index in [9.17, 15) is 14.4 Å². The summed E-state index contributed by atoms with van der Waals surface area (Å²) in [5, 5.41) is 4.76. The number of fused-ring (bicyclic) bond motifs is 1. The van der Waals surface area contributed by atoms with Gasteiger partial charge in [-0.05, 0) is 29.3 Å². The van der Waals surface area contributed by atoms with Gasteiger partial charge in [-0.1, -0.05) is 43.0 Å². The molecule has 0 aliphatic rings. The van der Waals surface area contributed by atoms with Crippen molar-refractivity contribution in [2.45, 2.75) is 24.4 Å². The number of hydrogen-bond acceptors (Lipinski definition) is 7. The van der Waals surface area contributed by atoms with Gasteiger partial charge in [0.2, 0.25) is 5.91 Å². The van der Waals surface area contributed by atoms with E-state index in [1.54, 1.807) is 35.6 Å². The Balaban J connectivity index is 1.79. The number of rotatable bonds is 7. The van der Waals surface area contributed by atoms with E-state index >= 15 is 0 Å². The molecular formula is C20H18N4O3S3. The Morgan fingerprint density at radius 3 is 2.67 bits per heavy atom. The molecule has 0 aliphatic carbocycles.